The average Bonchev–Trinajstić information content (AvgIpc) is 2.35. The molecule has 0 aromatic rings. The lowest BCUT2D eigenvalue weighted by Gasteiger charge is -2.46. The van der Waals surface area contributed by atoms with Crippen LogP contribution in [0.15, 0.2) is 0 Å². The van der Waals surface area contributed by atoms with E-state index in [4.69, 9.17) is 5.73 Å². The minimum absolute atomic E-state index is 0.0554. The first-order chi connectivity index (χ1) is 9.30. The van der Waals surface area contributed by atoms with Crippen LogP contribution in [0.25, 0.3) is 0 Å². The third kappa shape index (κ3) is 3.95. The lowest BCUT2D eigenvalue weighted by molar-refractivity contribution is -0.150. The van der Waals surface area contributed by atoms with Crippen molar-refractivity contribution in [1.82, 2.24) is 5.32 Å². The maximum Gasteiger partial charge on any atom is 0.307 e. The molecule has 0 aromatic carbocycles. The topological polar surface area (TPSA) is 92.4 Å². The van der Waals surface area contributed by atoms with Gasteiger partial charge in [-0.3, -0.25) is 9.59 Å². The van der Waals surface area contributed by atoms with E-state index in [1.807, 2.05) is 20.8 Å². The van der Waals surface area contributed by atoms with Crippen molar-refractivity contribution in [2.45, 2.75) is 58.9 Å². The highest BCUT2D eigenvalue weighted by molar-refractivity contribution is 5.76. The largest absolute Gasteiger partial charge is 0.481 e. The van der Waals surface area contributed by atoms with Crippen molar-refractivity contribution in [3.05, 3.63) is 0 Å². The first-order valence-corrected chi connectivity index (χ1v) is 7.53. The normalized spacial score (nSPS) is 28.9. The zero-order valence-corrected chi connectivity index (χ0v) is 12.8. The molecule has 1 amide bonds. The minimum Gasteiger partial charge on any atom is -0.481 e. The monoisotopic (exact) mass is 284 g/mol. The Kier molecular flexibility index (Phi) is 5.99. The minimum atomic E-state index is -0.727. The molecule has 116 valence electrons. The summed E-state index contributed by atoms with van der Waals surface area (Å²) < 4.78 is 0. The Morgan fingerprint density at radius 3 is 2.50 bits per heavy atom. The van der Waals surface area contributed by atoms with E-state index in [-0.39, 0.29) is 29.2 Å². The second kappa shape index (κ2) is 7.07. The first kappa shape index (κ1) is 17.0. The number of hydrogen-bond donors (Lipinski definition) is 3. The van der Waals surface area contributed by atoms with Gasteiger partial charge < -0.3 is 16.2 Å². The van der Waals surface area contributed by atoms with Crippen molar-refractivity contribution in [3.8, 4) is 0 Å². The predicted molar refractivity (Wildman–Crippen MR) is 78.1 cm³/mol. The molecule has 1 aliphatic carbocycles. The summed E-state index contributed by atoms with van der Waals surface area (Å²) in [7, 11) is 0. The van der Waals surface area contributed by atoms with Crippen molar-refractivity contribution >= 4 is 11.9 Å². The molecule has 20 heavy (non-hydrogen) atoms. The number of carbonyl (C=O) groups excluding carboxylic acids is 1. The Morgan fingerprint density at radius 2 is 1.95 bits per heavy atom. The van der Waals surface area contributed by atoms with E-state index in [0.717, 1.165) is 19.3 Å². The highest BCUT2D eigenvalue weighted by atomic mass is 16.4. The number of aliphatic carboxylic acids is 1. The predicted octanol–water partition coefficient (Wildman–Crippen LogP) is 1.76. The summed E-state index contributed by atoms with van der Waals surface area (Å²) >= 11 is 0. The van der Waals surface area contributed by atoms with Gasteiger partial charge in [-0.15, -0.1) is 0 Å². The van der Waals surface area contributed by atoms with Crippen LogP contribution >= 0.6 is 0 Å². The Hall–Kier alpha value is -1.10. The summed E-state index contributed by atoms with van der Waals surface area (Å²) in [5, 5.41) is 12.4. The molecule has 1 fully saturated rings. The highest BCUT2D eigenvalue weighted by Gasteiger charge is 2.46. The molecular formula is C15H28N2O3. The number of unbranched alkanes of at least 4 members (excludes halogenated alkanes) is 1. The van der Waals surface area contributed by atoms with Crippen LogP contribution in [0.1, 0.15) is 52.9 Å². The summed E-state index contributed by atoms with van der Waals surface area (Å²) in [6.07, 6.45) is 3.54. The maximum absolute atomic E-state index is 11.9. The van der Waals surface area contributed by atoms with Crippen molar-refractivity contribution < 1.29 is 14.7 Å². The molecule has 0 saturated heterocycles. The van der Waals surface area contributed by atoms with Crippen LogP contribution in [0.5, 0.6) is 0 Å². The first-order valence-electron chi connectivity index (χ1n) is 7.53. The molecule has 0 bridgehead atoms. The fourth-order valence-electron chi connectivity index (χ4n) is 3.15. The van der Waals surface area contributed by atoms with Gasteiger partial charge in [-0.2, -0.15) is 0 Å². The number of nitrogens with two attached hydrogens (primary N) is 1. The number of nitrogens with one attached hydrogen (secondary N) is 1. The number of carbonyl (C=O) groups is 2. The van der Waals surface area contributed by atoms with E-state index >= 15 is 0 Å². The molecule has 0 spiro atoms. The molecular weight excluding hydrogens is 256 g/mol. The summed E-state index contributed by atoms with van der Waals surface area (Å²) in [4.78, 5) is 23.2. The molecule has 5 nitrogen and oxygen atoms in total. The van der Waals surface area contributed by atoms with Crippen LogP contribution in [0, 0.1) is 17.3 Å². The second-order valence-corrected chi connectivity index (χ2v) is 6.50. The van der Waals surface area contributed by atoms with E-state index in [1.165, 1.54) is 0 Å². The second-order valence-electron chi connectivity index (χ2n) is 6.50. The molecule has 0 radical (unpaired) electrons. The SMILES string of the molecule is CC1C(NC(=O)CCCCN)CCC(C(=O)O)C1(C)C. The smallest absolute Gasteiger partial charge is 0.307 e. The summed E-state index contributed by atoms with van der Waals surface area (Å²) in [6.45, 7) is 6.63. The Morgan fingerprint density at radius 1 is 1.30 bits per heavy atom. The zero-order chi connectivity index (χ0) is 15.3. The van der Waals surface area contributed by atoms with Gasteiger partial charge in [0.05, 0.1) is 5.92 Å². The van der Waals surface area contributed by atoms with Gasteiger partial charge in [0, 0.05) is 12.5 Å². The zero-order valence-electron chi connectivity index (χ0n) is 12.8. The molecule has 0 aliphatic heterocycles. The third-order valence-corrected chi connectivity index (χ3v) is 4.94. The molecule has 3 atom stereocenters. The maximum atomic E-state index is 11.9. The Labute approximate surface area is 121 Å². The molecule has 0 aromatic heterocycles. The number of amides is 1. The fraction of sp³-hybridized carbons (Fsp3) is 0.867. The van der Waals surface area contributed by atoms with Crippen LogP contribution in [-0.4, -0.2) is 29.6 Å². The van der Waals surface area contributed by atoms with Crippen LogP contribution in [0.4, 0.5) is 0 Å². The molecule has 0 heterocycles. The number of carboxylic acid groups (broad SMARTS) is 1. The summed E-state index contributed by atoms with van der Waals surface area (Å²) in [5.74, 6) is -0.854. The van der Waals surface area contributed by atoms with Gasteiger partial charge in [0.2, 0.25) is 5.91 Å². The standard InChI is InChI=1S/C15H28N2O3/c1-10-12(17-13(18)6-4-5-9-16)8-7-11(14(19)20)15(10,2)3/h10-12H,4-9,16H2,1-3H3,(H,17,18)(H,19,20). The molecule has 1 rings (SSSR count). The van der Waals surface area contributed by atoms with Crippen LogP contribution < -0.4 is 11.1 Å². The molecule has 1 aliphatic rings. The van der Waals surface area contributed by atoms with Crippen LogP contribution in [-0.2, 0) is 9.59 Å². The Balaban J connectivity index is 2.57. The van der Waals surface area contributed by atoms with Gasteiger partial charge >= 0.3 is 5.97 Å². The van der Waals surface area contributed by atoms with E-state index in [9.17, 15) is 14.7 Å². The van der Waals surface area contributed by atoms with Gasteiger partial charge in [0.25, 0.3) is 0 Å². The van der Waals surface area contributed by atoms with Crippen molar-refractivity contribution in [2.24, 2.45) is 23.0 Å². The Bertz CT molecular complexity index is 355. The van der Waals surface area contributed by atoms with E-state index in [2.05, 4.69) is 5.32 Å². The van der Waals surface area contributed by atoms with Gasteiger partial charge in [-0.1, -0.05) is 20.8 Å². The van der Waals surface area contributed by atoms with E-state index in [0.29, 0.717) is 19.4 Å². The lowest BCUT2D eigenvalue weighted by Crippen LogP contribution is -2.52. The summed E-state index contributed by atoms with van der Waals surface area (Å²) in [6, 6.07) is 0.0750. The van der Waals surface area contributed by atoms with Crippen LogP contribution in [0.3, 0.4) is 0 Å². The molecule has 1 saturated carbocycles. The van der Waals surface area contributed by atoms with Crippen LogP contribution in [0.2, 0.25) is 0 Å². The van der Waals surface area contributed by atoms with Gasteiger partial charge in [0.15, 0.2) is 0 Å². The third-order valence-electron chi connectivity index (χ3n) is 4.94. The number of hydrogen-bond acceptors (Lipinski definition) is 3. The van der Waals surface area contributed by atoms with Gasteiger partial charge in [0.1, 0.15) is 0 Å². The van der Waals surface area contributed by atoms with Crippen molar-refractivity contribution in [2.75, 3.05) is 6.54 Å². The number of carboxylic acids is 1. The fourth-order valence-corrected chi connectivity index (χ4v) is 3.15. The molecule has 3 unspecified atom stereocenters. The summed E-state index contributed by atoms with van der Waals surface area (Å²) in [5.41, 5.74) is 5.11. The number of rotatable bonds is 6. The van der Waals surface area contributed by atoms with Gasteiger partial charge in [-0.25, -0.2) is 0 Å². The lowest BCUT2D eigenvalue weighted by atomic mass is 9.61. The van der Waals surface area contributed by atoms with E-state index in [1.54, 1.807) is 0 Å². The van der Waals surface area contributed by atoms with Crippen molar-refractivity contribution in [3.63, 3.8) is 0 Å². The van der Waals surface area contributed by atoms with Gasteiger partial charge in [-0.05, 0) is 43.6 Å². The van der Waals surface area contributed by atoms with Crippen molar-refractivity contribution in [1.29, 1.82) is 0 Å². The average molecular weight is 284 g/mol. The molecule has 4 N–H and O–H groups in total. The highest BCUT2D eigenvalue weighted by Crippen LogP contribution is 2.45. The molecule has 5 heteroatoms. The van der Waals surface area contributed by atoms with E-state index < -0.39 is 5.97 Å². The quantitative estimate of drug-likeness (QED) is 0.648.